The Morgan fingerprint density at radius 3 is 1.52 bits per heavy atom. The zero-order valence-electron chi connectivity index (χ0n) is 17.3. The van der Waals surface area contributed by atoms with Gasteiger partial charge in [0.25, 0.3) is 0 Å². The summed E-state index contributed by atoms with van der Waals surface area (Å²) in [5.74, 6) is 5.41. The molecule has 0 aromatic heterocycles. The first-order valence-corrected chi connectivity index (χ1v) is 13.0. The summed E-state index contributed by atoms with van der Waals surface area (Å²) in [4.78, 5) is 0. The minimum Gasteiger partial charge on any atom is -0.373 e. The van der Waals surface area contributed by atoms with Gasteiger partial charge in [-0.1, -0.05) is 20.3 Å². The van der Waals surface area contributed by atoms with Crippen LogP contribution in [0.5, 0.6) is 0 Å². The van der Waals surface area contributed by atoms with Gasteiger partial charge in [-0.05, 0) is 50.4 Å². The third-order valence-corrected chi connectivity index (χ3v) is 9.12. The lowest BCUT2D eigenvalue weighted by atomic mass is 9.87. The van der Waals surface area contributed by atoms with E-state index in [1.165, 1.54) is 25.7 Å². The van der Waals surface area contributed by atoms with Crippen LogP contribution in [0.1, 0.15) is 71.6 Å². The fourth-order valence-electron chi connectivity index (χ4n) is 3.55. The highest BCUT2D eigenvalue weighted by molar-refractivity contribution is 8.00. The molecular weight excluding hydrogens is 372 g/mol. The van der Waals surface area contributed by atoms with Gasteiger partial charge >= 0.3 is 0 Å². The molecule has 0 heterocycles. The Morgan fingerprint density at radius 2 is 1.19 bits per heavy atom. The zero-order valence-corrected chi connectivity index (χ0v) is 19.0. The van der Waals surface area contributed by atoms with E-state index in [0.717, 1.165) is 79.0 Å². The van der Waals surface area contributed by atoms with Crippen LogP contribution >= 0.6 is 23.5 Å². The third kappa shape index (κ3) is 9.12. The molecule has 0 aliphatic heterocycles. The molecule has 27 heavy (non-hydrogen) atoms. The van der Waals surface area contributed by atoms with Crippen molar-refractivity contribution in [3.8, 4) is 0 Å². The van der Waals surface area contributed by atoms with Gasteiger partial charge in [0.2, 0.25) is 0 Å². The molecule has 4 nitrogen and oxygen atoms in total. The largest absolute Gasteiger partial charge is 0.373 e. The molecule has 2 aliphatic carbocycles. The van der Waals surface area contributed by atoms with Crippen LogP contribution in [0.25, 0.3) is 0 Å². The quantitative estimate of drug-likeness (QED) is 0.181. The van der Waals surface area contributed by atoms with Gasteiger partial charge in [-0.3, -0.25) is 10.8 Å². The van der Waals surface area contributed by atoms with Gasteiger partial charge in [-0.15, -0.1) is 0 Å². The van der Waals surface area contributed by atoms with E-state index in [2.05, 4.69) is 48.0 Å². The number of rotatable bonds is 14. The average molecular weight is 413 g/mol. The van der Waals surface area contributed by atoms with E-state index >= 15 is 0 Å². The predicted octanol–water partition coefficient (Wildman–Crippen LogP) is 5.13. The van der Waals surface area contributed by atoms with Crippen LogP contribution < -0.4 is 10.6 Å². The minimum absolute atomic E-state index is 0.688. The maximum atomic E-state index is 8.00. The fourth-order valence-corrected chi connectivity index (χ4v) is 6.13. The molecule has 6 heteroatoms. The van der Waals surface area contributed by atoms with Crippen molar-refractivity contribution in [2.45, 2.75) is 82.1 Å². The topological polar surface area (TPSA) is 71.8 Å². The number of hydrogen-bond donors (Lipinski definition) is 4. The first-order chi connectivity index (χ1) is 13.1. The summed E-state index contributed by atoms with van der Waals surface area (Å²) in [6, 6.07) is 0. The average Bonchev–Trinajstić information content (AvgIpc) is 2.64. The third-order valence-electron chi connectivity index (χ3n) is 5.98. The number of amidine groups is 2. The zero-order chi connectivity index (χ0) is 19.5. The van der Waals surface area contributed by atoms with Crippen LogP contribution in [0.4, 0.5) is 0 Å². The van der Waals surface area contributed by atoms with E-state index < -0.39 is 0 Å². The highest BCUT2D eigenvalue weighted by Crippen LogP contribution is 2.37. The Kier molecular flexibility index (Phi) is 11.0. The number of unbranched alkanes of at least 4 members (excludes halogenated alkanes) is 2. The maximum Gasteiger partial charge on any atom is 0.0931 e. The summed E-state index contributed by atoms with van der Waals surface area (Å²) in [6.45, 7) is 6.55. The van der Waals surface area contributed by atoms with E-state index in [0.29, 0.717) is 11.7 Å². The summed E-state index contributed by atoms with van der Waals surface area (Å²) < 4.78 is 0. The van der Waals surface area contributed by atoms with Crippen molar-refractivity contribution in [1.29, 1.82) is 10.8 Å². The van der Waals surface area contributed by atoms with Gasteiger partial charge in [0.15, 0.2) is 0 Å². The smallest absolute Gasteiger partial charge is 0.0931 e. The second-order valence-corrected chi connectivity index (χ2v) is 11.0. The second kappa shape index (κ2) is 13.0. The van der Waals surface area contributed by atoms with Crippen LogP contribution in [0.3, 0.4) is 0 Å². The maximum absolute atomic E-state index is 8.00. The molecule has 2 rings (SSSR count). The van der Waals surface area contributed by atoms with Gasteiger partial charge in [-0.25, -0.2) is 0 Å². The van der Waals surface area contributed by atoms with Crippen molar-refractivity contribution in [3.63, 3.8) is 0 Å². The van der Waals surface area contributed by atoms with Gasteiger partial charge in [0, 0.05) is 47.9 Å². The van der Waals surface area contributed by atoms with Crippen molar-refractivity contribution in [3.05, 3.63) is 0 Å². The molecule has 4 atom stereocenters. The van der Waals surface area contributed by atoms with Gasteiger partial charge in [0.05, 0.1) is 11.7 Å². The minimum atomic E-state index is 0.688. The van der Waals surface area contributed by atoms with E-state index in [-0.39, 0.29) is 0 Å². The number of nitrogens with one attached hydrogen (secondary N) is 4. The first kappa shape index (κ1) is 22.9. The van der Waals surface area contributed by atoms with Gasteiger partial charge < -0.3 is 10.6 Å². The molecule has 0 radical (unpaired) electrons. The van der Waals surface area contributed by atoms with E-state index in [9.17, 15) is 0 Å². The molecule has 4 unspecified atom stereocenters. The molecule has 0 spiro atoms. The van der Waals surface area contributed by atoms with Crippen molar-refractivity contribution in [2.75, 3.05) is 24.6 Å². The molecular formula is C21H40N4S2. The lowest BCUT2D eigenvalue weighted by Gasteiger charge is -2.33. The Balaban J connectivity index is 1.32. The number of hydrogen-bond acceptors (Lipinski definition) is 4. The summed E-state index contributed by atoms with van der Waals surface area (Å²) in [5, 5.41) is 24.3. The Morgan fingerprint density at radius 1 is 0.741 bits per heavy atom. The normalized spacial score (nSPS) is 26.7. The van der Waals surface area contributed by atoms with Gasteiger partial charge in [0.1, 0.15) is 0 Å². The van der Waals surface area contributed by atoms with E-state index in [4.69, 9.17) is 10.8 Å². The highest BCUT2D eigenvalue weighted by atomic mass is 32.2. The number of thioether (sulfide) groups is 2. The van der Waals surface area contributed by atoms with Crippen molar-refractivity contribution in [2.24, 2.45) is 11.8 Å². The molecule has 0 aromatic rings. The molecule has 0 amide bonds. The molecule has 4 N–H and O–H groups in total. The van der Waals surface area contributed by atoms with Crippen molar-refractivity contribution in [1.82, 2.24) is 10.6 Å². The van der Waals surface area contributed by atoms with Crippen LogP contribution in [-0.4, -0.2) is 46.8 Å². The Bertz CT molecular complexity index is 417. The monoisotopic (exact) mass is 412 g/mol. The lowest BCUT2D eigenvalue weighted by molar-refractivity contribution is 0.363. The van der Waals surface area contributed by atoms with Crippen molar-refractivity contribution < 1.29 is 0 Å². The molecule has 2 saturated carbocycles. The van der Waals surface area contributed by atoms with Crippen LogP contribution in [-0.2, 0) is 0 Å². The van der Waals surface area contributed by atoms with Crippen LogP contribution in [0.15, 0.2) is 0 Å². The molecule has 156 valence electrons. The molecule has 0 bridgehead atoms. The highest BCUT2D eigenvalue weighted by Gasteiger charge is 2.27. The molecule has 0 saturated heterocycles. The van der Waals surface area contributed by atoms with Crippen LogP contribution in [0, 0.1) is 22.7 Å². The van der Waals surface area contributed by atoms with Crippen LogP contribution in [0.2, 0.25) is 0 Å². The lowest BCUT2D eigenvalue weighted by Crippen LogP contribution is -2.29. The molecule has 0 aromatic carbocycles. The molecule has 2 fully saturated rings. The fraction of sp³-hybridized carbons (Fsp3) is 0.905. The SMILES string of the molecule is CC1CCC1SCCNC(=N)CCCCCC(=N)NCCSC1CCC1C. The summed E-state index contributed by atoms with van der Waals surface area (Å²) in [6.07, 6.45) is 10.5. The standard InChI is InChI=1S/C21H40N4S2/c1-16-8-10-18(16)26-14-12-24-20(22)6-4-3-5-7-21(23)25-13-15-27-19-11-9-17(19)2/h16-19H,3-15H2,1-2H3,(H2,22,24)(H2,23,25). The van der Waals surface area contributed by atoms with E-state index in [1.807, 2.05) is 0 Å². The second-order valence-electron chi connectivity index (χ2n) is 8.30. The van der Waals surface area contributed by atoms with Gasteiger partial charge in [-0.2, -0.15) is 23.5 Å². The summed E-state index contributed by atoms with van der Waals surface area (Å²) in [5.41, 5.74) is 0. The van der Waals surface area contributed by atoms with Crippen molar-refractivity contribution >= 4 is 35.2 Å². The summed E-state index contributed by atoms with van der Waals surface area (Å²) >= 11 is 4.14. The molecule has 2 aliphatic rings. The predicted molar refractivity (Wildman–Crippen MR) is 124 cm³/mol. The van der Waals surface area contributed by atoms with E-state index in [1.54, 1.807) is 0 Å². The Hall–Kier alpha value is -0.360. The summed E-state index contributed by atoms with van der Waals surface area (Å²) in [7, 11) is 0. The Labute approximate surface area is 175 Å². The first-order valence-electron chi connectivity index (χ1n) is 10.9.